The number of rotatable bonds is 6. The van der Waals surface area contributed by atoms with Crippen LogP contribution < -0.4 is 10.5 Å². The van der Waals surface area contributed by atoms with Gasteiger partial charge in [0.25, 0.3) is 11.5 Å². The van der Waals surface area contributed by atoms with Crippen LogP contribution in [0.2, 0.25) is 5.02 Å². The van der Waals surface area contributed by atoms with Crippen LogP contribution >= 0.6 is 35.6 Å². The molecule has 1 amide bonds. The molecule has 7 nitrogen and oxygen atoms in total. The number of carbonyl (C=O) groups is 1. The molecule has 2 saturated heterocycles. The number of piperazine rings is 1. The van der Waals surface area contributed by atoms with Crippen LogP contribution in [0.15, 0.2) is 64.3 Å². The van der Waals surface area contributed by atoms with Crippen molar-refractivity contribution in [1.29, 1.82) is 5.26 Å². The number of hydrogen-bond donors (Lipinski definition) is 0. The lowest BCUT2D eigenvalue weighted by Gasteiger charge is -2.37. The third-order valence-corrected chi connectivity index (χ3v) is 9.07. The SMILES string of the molecule is Cc1c(/C=C2/SC(=S)N(Cc3ccccc3Cl)C2=O)c(N2CCN(Cc3ccccc3)CC2)n(C)c(=O)c1C#N. The molecule has 40 heavy (non-hydrogen) atoms. The Balaban J connectivity index is 1.46. The maximum Gasteiger partial charge on any atom is 0.270 e. The normalized spacial score (nSPS) is 17.1. The molecular formula is C30H28ClN5O2S2. The summed E-state index contributed by atoms with van der Waals surface area (Å²) >= 11 is 13.1. The second-order valence-electron chi connectivity index (χ2n) is 9.82. The minimum absolute atomic E-state index is 0.0757. The Morgan fingerprint density at radius 2 is 1.70 bits per heavy atom. The van der Waals surface area contributed by atoms with Gasteiger partial charge in [0, 0.05) is 50.4 Å². The van der Waals surface area contributed by atoms with Crippen molar-refractivity contribution in [3.8, 4) is 6.07 Å². The number of benzene rings is 2. The number of carbonyl (C=O) groups excluding carboxylic acids is 1. The highest BCUT2D eigenvalue weighted by Gasteiger charge is 2.34. The molecule has 3 aromatic rings. The molecule has 0 aliphatic carbocycles. The van der Waals surface area contributed by atoms with E-state index in [1.165, 1.54) is 26.8 Å². The van der Waals surface area contributed by atoms with Gasteiger partial charge in [-0.1, -0.05) is 84.1 Å². The van der Waals surface area contributed by atoms with Crippen LogP contribution in [0.3, 0.4) is 0 Å². The van der Waals surface area contributed by atoms with Crippen molar-refractivity contribution in [2.75, 3.05) is 31.1 Å². The summed E-state index contributed by atoms with van der Waals surface area (Å²) < 4.78 is 1.98. The summed E-state index contributed by atoms with van der Waals surface area (Å²) in [5.74, 6) is 0.484. The van der Waals surface area contributed by atoms with E-state index in [2.05, 4.69) is 28.0 Å². The van der Waals surface area contributed by atoms with Gasteiger partial charge in [-0.3, -0.25) is 24.0 Å². The van der Waals surface area contributed by atoms with Gasteiger partial charge in [0.1, 0.15) is 21.8 Å². The molecule has 5 rings (SSSR count). The number of nitriles is 1. The van der Waals surface area contributed by atoms with E-state index in [1.54, 1.807) is 26.1 Å². The number of thiocarbonyl (C=S) groups is 1. The molecule has 0 bridgehead atoms. The molecule has 2 aliphatic rings. The van der Waals surface area contributed by atoms with Gasteiger partial charge in [-0.05, 0) is 35.8 Å². The third kappa shape index (κ3) is 5.58. The smallest absolute Gasteiger partial charge is 0.270 e. The highest BCUT2D eigenvalue weighted by molar-refractivity contribution is 8.26. The fourth-order valence-corrected chi connectivity index (χ4v) is 6.55. The van der Waals surface area contributed by atoms with Gasteiger partial charge in [0.15, 0.2) is 0 Å². The van der Waals surface area contributed by atoms with Gasteiger partial charge >= 0.3 is 0 Å². The van der Waals surface area contributed by atoms with Crippen molar-refractivity contribution >= 4 is 57.7 Å². The lowest BCUT2D eigenvalue weighted by molar-refractivity contribution is -0.122. The zero-order valence-electron chi connectivity index (χ0n) is 22.3. The standard InChI is InChI=1S/C30H28ClN5O2S2/c1-20-23(16-26-29(38)36(30(39)40-26)19-22-10-6-7-11-25(22)31)27(33(2)28(37)24(20)17-32)35-14-12-34(13-15-35)18-21-8-4-3-5-9-21/h3-11,16H,12-15,18-19H2,1-2H3/b26-16+. The minimum Gasteiger partial charge on any atom is -0.355 e. The van der Waals surface area contributed by atoms with Crippen molar-refractivity contribution in [2.45, 2.75) is 20.0 Å². The first-order valence-corrected chi connectivity index (χ1v) is 14.5. The molecule has 10 heteroatoms. The number of hydrogen-bond acceptors (Lipinski definition) is 7. The van der Waals surface area contributed by atoms with Gasteiger partial charge < -0.3 is 4.90 Å². The monoisotopic (exact) mass is 589 g/mol. The van der Waals surface area contributed by atoms with Gasteiger partial charge in [-0.2, -0.15) is 5.26 Å². The van der Waals surface area contributed by atoms with E-state index in [1.807, 2.05) is 36.4 Å². The molecular weight excluding hydrogens is 562 g/mol. The Morgan fingerprint density at radius 3 is 2.38 bits per heavy atom. The average molecular weight is 590 g/mol. The Morgan fingerprint density at radius 1 is 1.02 bits per heavy atom. The summed E-state index contributed by atoms with van der Waals surface area (Å²) in [5, 5.41) is 10.4. The van der Waals surface area contributed by atoms with Crippen molar-refractivity contribution < 1.29 is 4.79 Å². The Bertz CT molecular complexity index is 1600. The largest absolute Gasteiger partial charge is 0.355 e. The molecule has 204 valence electrons. The number of amides is 1. The number of pyridine rings is 1. The van der Waals surface area contributed by atoms with E-state index in [9.17, 15) is 14.9 Å². The van der Waals surface area contributed by atoms with Crippen molar-refractivity contribution in [2.24, 2.45) is 7.05 Å². The Labute approximate surface area is 248 Å². The quantitative estimate of drug-likeness (QED) is 0.298. The lowest BCUT2D eigenvalue weighted by Crippen LogP contribution is -2.48. The summed E-state index contributed by atoms with van der Waals surface area (Å²) in [5.41, 5.74) is 3.05. The molecule has 0 spiro atoms. The van der Waals surface area contributed by atoms with Crippen LogP contribution in [-0.4, -0.2) is 50.8 Å². The van der Waals surface area contributed by atoms with Crippen LogP contribution in [0.5, 0.6) is 0 Å². The van der Waals surface area contributed by atoms with Crippen molar-refractivity contribution in [1.82, 2.24) is 14.4 Å². The molecule has 1 aromatic heterocycles. The number of nitrogens with zero attached hydrogens (tertiary/aromatic N) is 5. The molecule has 0 unspecified atom stereocenters. The van der Waals surface area contributed by atoms with Crippen LogP contribution in [0, 0.1) is 18.3 Å². The van der Waals surface area contributed by atoms with Crippen molar-refractivity contribution in [3.63, 3.8) is 0 Å². The first-order chi connectivity index (χ1) is 19.3. The van der Waals surface area contributed by atoms with E-state index in [4.69, 9.17) is 23.8 Å². The second-order valence-corrected chi connectivity index (χ2v) is 11.9. The maximum atomic E-state index is 13.5. The minimum atomic E-state index is -0.342. The summed E-state index contributed by atoms with van der Waals surface area (Å²) in [6.45, 7) is 5.96. The number of halogens is 1. The average Bonchev–Trinajstić information content (AvgIpc) is 3.22. The topological polar surface area (TPSA) is 72.6 Å². The van der Waals surface area contributed by atoms with Crippen LogP contribution in [0.4, 0.5) is 5.82 Å². The number of thioether (sulfide) groups is 1. The highest BCUT2D eigenvalue weighted by atomic mass is 35.5. The van der Waals surface area contributed by atoms with Crippen LogP contribution in [0.1, 0.15) is 27.8 Å². The molecule has 0 saturated carbocycles. The predicted octanol–water partition coefficient (Wildman–Crippen LogP) is 4.94. The first-order valence-electron chi connectivity index (χ1n) is 12.9. The third-order valence-electron chi connectivity index (χ3n) is 7.32. The van der Waals surface area contributed by atoms with Crippen molar-refractivity contribution in [3.05, 3.63) is 103 Å². The summed E-state index contributed by atoms with van der Waals surface area (Å²) in [6, 6.07) is 19.8. The first kappa shape index (κ1) is 28.1. The fourth-order valence-electron chi connectivity index (χ4n) is 5.12. The van der Waals surface area contributed by atoms with Crippen LogP contribution in [0.25, 0.3) is 6.08 Å². The zero-order chi connectivity index (χ0) is 28.4. The van der Waals surface area contributed by atoms with E-state index in [-0.39, 0.29) is 23.6 Å². The molecule has 0 radical (unpaired) electrons. The molecule has 2 aromatic carbocycles. The van der Waals surface area contributed by atoms with Gasteiger partial charge in [-0.15, -0.1) is 0 Å². The molecule has 0 N–H and O–H groups in total. The van der Waals surface area contributed by atoms with Gasteiger partial charge in [0.2, 0.25) is 0 Å². The van der Waals surface area contributed by atoms with Crippen LogP contribution in [-0.2, 0) is 24.9 Å². The highest BCUT2D eigenvalue weighted by Crippen LogP contribution is 2.37. The number of anilines is 1. The van der Waals surface area contributed by atoms with Gasteiger partial charge in [0.05, 0.1) is 11.4 Å². The van der Waals surface area contributed by atoms with Gasteiger partial charge in [-0.25, -0.2) is 0 Å². The molecule has 2 aliphatic heterocycles. The molecule has 3 heterocycles. The predicted molar refractivity (Wildman–Crippen MR) is 165 cm³/mol. The van der Waals surface area contributed by atoms with E-state index in [0.717, 1.165) is 25.2 Å². The summed E-state index contributed by atoms with van der Waals surface area (Å²) in [7, 11) is 1.69. The van der Waals surface area contributed by atoms with E-state index < -0.39 is 0 Å². The summed E-state index contributed by atoms with van der Waals surface area (Å²) in [6.07, 6.45) is 1.78. The lowest BCUT2D eigenvalue weighted by atomic mass is 10.0. The fraction of sp³-hybridized carbons (Fsp3) is 0.267. The number of aromatic nitrogens is 1. The molecule has 0 atom stereocenters. The summed E-state index contributed by atoms with van der Waals surface area (Å²) in [4.78, 5) is 33.2. The second kappa shape index (κ2) is 12.0. The Hall–Kier alpha value is -3.42. The zero-order valence-corrected chi connectivity index (χ0v) is 24.7. The maximum absolute atomic E-state index is 13.5. The van der Waals surface area contributed by atoms with E-state index in [0.29, 0.717) is 44.3 Å². The van der Waals surface area contributed by atoms with E-state index >= 15 is 0 Å². The molecule has 2 fully saturated rings. The Kier molecular flexibility index (Phi) is 8.43.